The number of fused-ring (bicyclic) bond motifs is 4. The second-order valence-electron chi connectivity index (χ2n) is 13.1. The van der Waals surface area contributed by atoms with Crippen molar-refractivity contribution in [3.8, 4) is 5.75 Å². The number of hydrogen-bond acceptors (Lipinski definition) is 1. The predicted molar refractivity (Wildman–Crippen MR) is 210 cm³/mol. The van der Waals surface area contributed by atoms with E-state index in [0.29, 0.717) is 0 Å². The molecule has 0 unspecified atom stereocenters. The Morgan fingerprint density at radius 3 is 0.940 bits per heavy atom. The van der Waals surface area contributed by atoms with Crippen LogP contribution in [-0.4, -0.2) is 7.11 Å². The van der Waals surface area contributed by atoms with Crippen molar-refractivity contribution in [2.45, 2.75) is 11.8 Å². The molecule has 0 saturated heterocycles. The molecule has 237 valence electrons. The summed E-state index contributed by atoms with van der Waals surface area (Å²) in [5.74, 6) is 0.633. The molecule has 0 aliphatic heterocycles. The van der Waals surface area contributed by atoms with Crippen LogP contribution in [0.15, 0.2) is 182 Å². The molecule has 0 aliphatic rings. The van der Waals surface area contributed by atoms with Crippen LogP contribution in [-0.2, 0) is 0 Å². The van der Waals surface area contributed by atoms with E-state index in [-0.39, 0.29) is 11.8 Å². The molecule has 0 N–H and O–H groups in total. The van der Waals surface area contributed by atoms with Crippen molar-refractivity contribution < 1.29 is 4.74 Å². The zero-order valence-corrected chi connectivity index (χ0v) is 27.9. The number of rotatable bonds is 7. The number of ether oxygens (including phenoxy) is 1. The molecule has 0 heterocycles. The highest BCUT2D eigenvalue weighted by molar-refractivity contribution is 5.93. The normalized spacial score (nSPS) is 11.7. The molecule has 9 aromatic carbocycles. The predicted octanol–water partition coefficient (Wildman–Crippen LogP) is 12.5. The second-order valence-corrected chi connectivity index (χ2v) is 13.1. The summed E-state index contributed by atoms with van der Waals surface area (Å²) in [6.07, 6.45) is 0. The van der Waals surface area contributed by atoms with Crippen LogP contribution >= 0.6 is 0 Å². The Hall–Kier alpha value is -6.18. The highest BCUT2D eigenvalue weighted by atomic mass is 16.5. The van der Waals surface area contributed by atoms with Crippen LogP contribution in [0.5, 0.6) is 5.75 Å². The first-order valence-corrected chi connectivity index (χ1v) is 17.3. The van der Waals surface area contributed by atoms with Crippen LogP contribution in [0.4, 0.5) is 0 Å². The van der Waals surface area contributed by atoms with Gasteiger partial charge in [0.2, 0.25) is 0 Å². The molecule has 0 saturated carbocycles. The van der Waals surface area contributed by atoms with Crippen LogP contribution in [0.25, 0.3) is 43.1 Å². The van der Waals surface area contributed by atoms with Crippen LogP contribution in [0.1, 0.15) is 45.2 Å². The highest BCUT2D eigenvalue weighted by Gasteiger charge is 2.27. The van der Waals surface area contributed by atoms with E-state index in [0.717, 1.165) is 16.9 Å². The van der Waals surface area contributed by atoms with Gasteiger partial charge in [-0.1, -0.05) is 170 Å². The molecule has 1 radical (unpaired) electrons. The highest BCUT2D eigenvalue weighted by Crippen LogP contribution is 2.44. The van der Waals surface area contributed by atoms with Crippen LogP contribution < -0.4 is 4.74 Å². The molecule has 0 aliphatic carbocycles. The topological polar surface area (TPSA) is 9.23 Å². The first-order chi connectivity index (χ1) is 24.8. The van der Waals surface area contributed by atoms with E-state index >= 15 is 0 Å². The fraction of sp³-hybridized carbons (Fsp3) is 0.0612. The molecular formula is C49H35O. The smallest absolute Gasteiger partial charge is 0.119 e. The van der Waals surface area contributed by atoms with Crippen LogP contribution in [0.2, 0.25) is 0 Å². The molecule has 1 heteroatoms. The lowest BCUT2D eigenvalue weighted by Gasteiger charge is -2.26. The van der Waals surface area contributed by atoms with Gasteiger partial charge in [-0.2, -0.15) is 0 Å². The van der Waals surface area contributed by atoms with E-state index in [4.69, 9.17) is 4.74 Å². The lowest BCUT2D eigenvalue weighted by Crippen LogP contribution is -2.10. The minimum absolute atomic E-state index is 0.0956. The molecule has 1 nitrogen and oxygen atoms in total. The zero-order chi connectivity index (χ0) is 33.4. The maximum atomic E-state index is 6.17. The molecule has 0 atom stereocenters. The third-order valence-electron chi connectivity index (χ3n) is 10.3. The summed E-state index contributed by atoms with van der Waals surface area (Å²) in [5.41, 5.74) is 7.17. The van der Waals surface area contributed by atoms with Crippen molar-refractivity contribution in [2.75, 3.05) is 7.11 Å². The van der Waals surface area contributed by atoms with E-state index in [1.54, 1.807) is 7.11 Å². The van der Waals surface area contributed by atoms with Gasteiger partial charge in [-0.05, 0) is 94.7 Å². The second kappa shape index (κ2) is 12.7. The van der Waals surface area contributed by atoms with Crippen LogP contribution in [0.3, 0.4) is 0 Å². The van der Waals surface area contributed by atoms with Gasteiger partial charge in [-0.3, -0.25) is 0 Å². The average molecular weight is 640 g/mol. The van der Waals surface area contributed by atoms with Crippen molar-refractivity contribution in [1.29, 1.82) is 0 Å². The summed E-state index contributed by atoms with van der Waals surface area (Å²) in [6, 6.07) is 70.1. The Kier molecular flexibility index (Phi) is 7.59. The number of hydrogen-bond donors (Lipinski definition) is 0. The van der Waals surface area contributed by atoms with E-state index < -0.39 is 0 Å². The Morgan fingerprint density at radius 1 is 0.360 bits per heavy atom. The average Bonchev–Trinajstić information content (AvgIpc) is 3.18. The standard InChI is InChI=1S/C49H35O/c1-50-39-31-37(48(44-26-10-18-33-14-2-6-22-40(33)44)45-27-11-19-34-15-3-7-23-41(34)45)30-38(32-39)49(46-28-12-20-35-16-4-8-24-42(35)46)47-29-13-21-36-17-5-9-25-43(36)47/h2-29,31-32,48-49H,1H3. The maximum Gasteiger partial charge on any atom is 0.119 e. The van der Waals surface area contributed by atoms with E-state index in [1.807, 2.05) is 0 Å². The minimum Gasteiger partial charge on any atom is -0.497 e. The largest absolute Gasteiger partial charge is 0.497 e. The summed E-state index contributed by atoms with van der Waals surface area (Å²) < 4.78 is 6.17. The zero-order valence-electron chi connectivity index (χ0n) is 27.9. The molecule has 9 rings (SSSR count). The van der Waals surface area contributed by atoms with Crippen molar-refractivity contribution >= 4 is 43.1 Å². The lowest BCUT2D eigenvalue weighted by atomic mass is 9.77. The van der Waals surface area contributed by atoms with Gasteiger partial charge in [0.25, 0.3) is 0 Å². The summed E-state index contributed by atoms with van der Waals surface area (Å²) >= 11 is 0. The van der Waals surface area contributed by atoms with E-state index in [9.17, 15) is 0 Å². The molecule has 0 amide bonds. The maximum absolute atomic E-state index is 6.17. The van der Waals surface area contributed by atoms with Crippen molar-refractivity contribution in [3.05, 3.63) is 221 Å². The third kappa shape index (κ3) is 5.19. The van der Waals surface area contributed by atoms with Gasteiger partial charge in [0.15, 0.2) is 0 Å². The molecule has 9 aromatic rings. The van der Waals surface area contributed by atoms with Gasteiger partial charge in [0, 0.05) is 11.8 Å². The van der Waals surface area contributed by atoms with Crippen LogP contribution in [0, 0.1) is 6.07 Å². The SMILES string of the molecule is COc1cc(C(c2cccc3ccccc23)c2cccc3ccccc23)[c]c(C(c2cccc3ccccc23)c2cccc3ccccc23)c1. The van der Waals surface area contributed by atoms with E-state index in [1.165, 1.54) is 65.3 Å². The quantitative estimate of drug-likeness (QED) is 0.158. The first-order valence-electron chi connectivity index (χ1n) is 17.3. The Labute approximate surface area is 293 Å². The third-order valence-corrected chi connectivity index (χ3v) is 10.3. The van der Waals surface area contributed by atoms with Gasteiger partial charge in [0.05, 0.1) is 7.11 Å². The molecule has 0 aromatic heterocycles. The lowest BCUT2D eigenvalue weighted by molar-refractivity contribution is 0.413. The van der Waals surface area contributed by atoms with Crippen molar-refractivity contribution in [3.63, 3.8) is 0 Å². The Bertz CT molecular complexity index is 2310. The Morgan fingerprint density at radius 2 is 0.640 bits per heavy atom. The fourth-order valence-corrected chi connectivity index (χ4v) is 8.03. The van der Waals surface area contributed by atoms with Gasteiger partial charge in [0.1, 0.15) is 5.75 Å². The van der Waals surface area contributed by atoms with Gasteiger partial charge >= 0.3 is 0 Å². The van der Waals surface area contributed by atoms with Gasteiger partial charge < -0.3 is 4.74 Å². The molecular weight excluding hydrogens is 605 g/mol. The molecule has 0 bridgehead atoms. The molecule has 50 heavy (non-hydrogen) atoms. The van der Waals surface area contributed by atoms with Gasteiger partial charge in [-0.25, -0.2) is 0 Å². The van der Waals surface area contributed by atoms with Gasteiger partial charge in [-0.15, -0.1) is 0 Å². The summed E-state index contributed by atoms with van der Waals surface area (Å²) in [5, 5.41) is 9.86. The summed E-state index contributed by atoms with van der Waals surface area (Å²) in [6.45, 7) is 0. The first kappa shape index (κ1) is 29.9. The summed E-state index contributed by atoms with van der Waals surface area (Å²) in [7, 11) is 1.78. The Balaban J connectivity index is 1.36. The molecule has 0 spiro atoms. The van der Waals surface area contributed by atoms with Crippen molar-refractivity contribution in [1.82, 2.24) is 0 Å². The fourth-order valence-electron chi connectivity index (χ4n) is 8.03. The number of methoxy groups -OCH3 is 1. The minimum atomic E-state index is -0.0956. The molecule has 0 fully saturated rings. The van der Waals surface area contributed by atoms with Crippen molar-refractivity contribution in [2.24, 2.45) is 0 Å². The monoisotopic (exact) mass is 639 g/mol. The number of benzene rings is 9. The van der Waals surface area contributed by atoms with E-state index in [2.05, 4.69) is 188 Å². The summed E-state index contributed by atoms with van der Waals surface area (Å²) in [4.78, 5) is 0.